The van der Waals surface area contributed by atoms with Crippen LogP contribution in [-0.4, -0.2) is 24.9 Å². The van der Waals surface area contributed by atoms with Crippen molar-refractivity contribution in [1.82, 2.24) is 10.6 Å². The highest BCUT2D eigenvalue weighted by Gasteiger charge is 2.01. The molecule has 0 atom stereocenters. The van der Waals surface area contributed by atoms with Gasteiger partial charge in [-0.05, 0) is 12.8 Å². The smallest absolute Gasteiger partial charge is 0.236 e. The maximum absolute atomic E-state index is 11.1. The number of carbonyl (C=O) groups excluding carboxylic acids is 2. The molecule has 6 nitrogen and oxygen atoms in total. The minimum absolute atomic E-state index is 0.101. The Bertz CT molecular complexity index is 240. The molecule has 0 aliphatic carbocycles. The van der Waals surface area contributed by atoms with Crippen LogP contribution in [0.1, 0.15) is 19.3 Å². The first kappa shape index (κ1) is 13.3. The summed E-state index contributed by atoms with van der Waals surface area (Å²) in [7, 11) is 0. The molecule has 0 unspecified atom stereocenters. The fraction of sp³-hybridized carbons (Fsp3) is 0.556. The molecule has 0 saturated carbocycles. The number of hydrogen-bond acceptors (Lipinski definition) is 4. The van der Waals surface area contributed by atoms with Crippen LogP contribution in [0.25, 0.3) is 0 Å². The Kier molecular flexibility index (Phi) is 6.78. The van der Waals surface area contributed by atoms with Crippen LogP contribution in [0.3, 0.4) is 0 Å². The number of nitrogens with one attached hydrogen (secondary N) is 2. The molecule has 0 radical (unpaired) electrons. The Morgan fingerprint density at radius 1 is 1.13 bits per heavy atom. The second kappa shape index (κ2) is 7.66. The van der Waals surface area contributed by atoms with E-state index in [4.69, 9.17) is 11.5 Å². The fourth-order valence-electron chi connectivity index (χ4n) is 0.934. The van der Waals surface area contributed by atoms with Gasteiger partial charge in [-0.2, -0.15) is 0 Å². The second-order valence-corrected chi connectivity index (χ2v) is 3.15. The number of hydrogen-bond donors (Lipinski definition) is 4. The van der Waals surface area contributed by atoms with Gasteiger partial charge >= 0.3 is 0 Å². The summed E-state index contributed by atoms with van der Waals surface area (Å²) in [6.07, 6.45) is 1.93. The van der Waals surface area contributed by atoms with Crippen molar-refractivity contribution in [2.45, 2.75) is 19.3 Å². The number of rotatable bonds is 8. The summed E-state index contributed by atoms with van der Waals surface area (Å²) < 4.78 is 0. The van der Waals surface area contributed by atoms with Crippen LogP contribution in [0.4, 0.5) is 0 Å². The van der Waals surface area contributed by atoms with Gasteiger partial charge in [-0.15, -0.1) is 0 Å². The Balaban J connectivity index is 3.31. The van der Waals surface area contributed by atoms with E-state index < -0.39 is 5.91 Å². The van der Waals surface area contributed by atoms with Gasteiger partial charge in [0.15, 0.2) is 0 Å². The SMILES string of the molecule is C=C(N)NCCCCC(=O)NCC(N)=O. The van der Waals surface area contributed by atoms with Crippen LogP contribution in [0.15, 0.2) is 12.4 Å². The van der Waals surface area contributed by atoms with Crippen molar-refractivity contribution in [3.63, 3.8) is 0 Å². The summed E-state index contributed by atoms with van der Waals surface area (Å²) in [5.41, 5.74) is 10.1. The Morgan fingerprint density at radius 3 is 2.33 bits per heavy atom. The minimum Gasteiger partial charge on any atom is -0.386 e. The van der Waals surface area contributed by atoms with Crippen molar-refractivity contribution < 1.29 is 9.59 Å². The molecular weight excluding hydrogens is 196 g/mol. The molecule has 0 rings (SSSR count). The highest BCUT2D eigenvalue weighted by Crippen LogP contribution is 1.93. The van der Waals surface area contributed by atoms with E-state index in [1.807, 2.05) is 0 Å². The van der Waals surface area contributed by atoms with E-state index in [0.717, 1.165) is 12.8 Å². The standard InChI is InChI=1S/C9H18N4O2/c1-7(10)12-5-3-2-4-9(15)13-6-8(11)14/h12H,1-6,10H2,(H2,11,14)(H,13,15). The summed E-state index contributed by atoms with van der Waals surface area (Å²) in [6.45, 7) is 4.07. The Hall–Kier alpha value is -1.72. The number of amides is 2. The van der Waals surface area contributed by atoms with E-state index in [-0.39, 0.29) is 12.5 Å². The minimum atomic E-state index is -0.538. The summed E-state index contributed by atoms with van der Waals surface area (Å²) in [6, 6.07) is 0. The third-order valence-corrected chi connectivity index (χ3v) is 1.64. The highest BCUT2D eigenvalue weighted by atomic mass is 16.2. The summed E-state index contributed by atoms with van der Waals surface area (Å²) >= 11 is 0. The van der Waals surface area contributed by atoms with Crippen molar-refractivity contribution in [3.8, 4) is 0 Å². The van der Waals surface area contributed by atoms with Crippen LogP contribution in [0, 0.1) is 0 Å². The van der Waals surface area contributed by atoms with Crippen molar-refractivity contribution in [1.29, 1.82) is 0 Å². The Labute approximate surface area is 89.1 Å². The number of unbranched alkanes of at least 4 members (excludes halogenated alkanes) is 1. The normalized spacial score (nSPS) is 9.33. The van der Waals surface area contributed by atoms with Gasteiger partial charge in [-0.1, -0.05) is 6.58 Å². The lowest BCUT2D eigenvalue weighted by Gasteiger charge is -2.04. The fourth-order valence-corrected chi connectivity index (χ4v) is 0.934. The zero-order valence-electron chi connectivity index (χ0n) is 8.71. The zero-order chi connectivity index (χ0) is 11.7. The zero-order valence-corrected chi connectivity index (χ0v) is 8.71. The van der Waals surface area contributed by atoms with Crippen LogP contribution >= 0.6 is 0 Å². The van der Waals surface area contributed by atoms with E-state index >= 15 is 0 Å². The molecule has 0 fully saturated rings. The average molecular weight is 214 g/mol. The molecule has 0 aliphatic rings. The first-order valence-electron chi connectivity index (χ1n) is 4.75. The van der Waals surface area contributed by atoms with Crippen LogP contribution in [0.5, 0.6) is 0 Å². The van der Waals surface area contributed by atoms with Crippen LogP contribution in [-0.2, 0) is 9.59 Å². The maximum atomic E-state index is 11.1. The van der Waals surface area contributed by atoms with Crippen LogP contribution < -0.4 is 22.1 Å². The van der Waals surface area contributed by atoms with Gasteiger partial charge in [-0.3, -0.25) is 9.59 Å². The van der Waals surface area contributed by atoms with E-state index in [2.05, 4.69) is 17.2 Å². The topological polar surface area (TPSA) is 110 Å². The van der Waals surface area contributed by atoms with Gasteiger partial charge < -0.3 is 22.1 Å². The molecular formula is C9H18N4O2. The second-order valence-electron chi connectivity index (χ2n) is 3.15. The third kappa shape index (κ3) is 10.2. The quantitative estimate of drug-likeness (QED) is 0.379. The number of primary amides is 1. The molecule has 15 heavy (non-hydrogen) atoms. The summed E-state index contributed by atoms with van der Waals surface area (Å²) in [5.74, 6) is -0.280. The molecule has 0 aromatic heterocycles. The Morgan fingerprint density at radius 2 is 1.80 bits per heavy atom. The predicted octanol–water partition coefficient (Wildman–Crippen LogP) is -1.22. The molecule has 0 saturated heterocycles. The monoisotopic (exact) mass is 214 g/mol. The lowest BCUT2D eigenvalue weighted by Crippen LogP contribution is -2.33. The van der Waals surface area contributed by atoms with E-state index in [1.165, 1.54) is 0 Å². The number of carbonyl (C=O) groups is 2. The molecule has 0 spiro atoms. The van der Waals surface area contributed by atoms with E-state index in [1.54, 1.807) is 0 Å². The van der Waals surface area contributed by atoms with Crippen molar-refractivity contribution >= 4 is 11.8 Å². The molecule has 6 N–H and O–H groups in total. The molecule has 0 aliphatic heterocycles. The van der Waals surface area contributed by atoms with Crippen molar-refractivity contribution in [3.05, 3.63) is 12.4 Å². The molecule has 0 aromatic rings. The predicted molar refractivity (Wildman–Crippen MR) is 57.4 cm³/mol. The number of nitrogens with two attached hydrogens (primary N) is 2. The van der Waals surface area contributed by atoms with Gasteiger partial charge in [0.1, 0.15) is 0 Å². The lowest BCUT2D eigenvalue weighted by molar-refractivity contribution is -0.124. The van der Waals surface area contributed by atoms with E-state index in [0.29, 0.717) is 18.8 Å². The largest absolute Gasteiger partial charge is 0.386 e. The van der Waals surface area contributed by atoms with Crippen molar-refractivity contribution in [2.75, 3.05) is 13.1 Å². The van der Waals surface area contributed by atoms with Gasteiger partial charge in [0.05, 0.1) is 12.4 Å². The van der Waals surface area contributed by atoms with Gasteiger partial charge in [0.25, 0.3) is 0 Å². The maximum Gasteiger partial charge on any atom is 0.236 e. The first-order valence-corrected chi connectivity index (χ1v) is 4.75. The first-order chi connectivity index (χ1) is 7.02. The molecule has 0 bridgehead atoms. The lowest BCUT2D eigenvalue weighted by atomic mass is 10.2. The molecule has 0 aromatic carbocycles. The molecule has 6 heteroatoms. The summed E-state index contributed by atoms with van der Waals surface area (Å²) in [4.78, 5) is 21.4. The highest BCUT2D eigenvalue weighted by molar-refractivity contribution is 5.83. The van der Waals surface area contributed by atoms with E-state index in [9.17, 15) is 9.59 Å². The molecule has 86 valence electrons. The summed E-state index contributed by atoms with van der Waals surface area (Å²) in [5, 5.41) is 5.25. The van der Waals surface area contributed by atoms with Gasteiger partial charge in [0, 0.05) is 13.0 Å². The van der Waals surface area contributed by atoms with Crippen LogP contribution in [0.2, 0.25) is 0 Å². The van der Waals surface area contributed by atoms with Gasteiger partial charge in [-0.25, -0.2) is 0 Å². The molecule has 0 heterocycles. The van der Waals surface area contributed by atoms with Crippen molar-refractivity contribution in [2.24, 2.45) is 11.5 Å². The van der Waals surface area contributed by atoms with Gasteiger partial charge in [0.2, 0.25) is 11.8 Å². The average Bonchev–Trinajstić information content (AvgIpc) is 2.13. The molecule has 2 amide bonds. The third-order valence-electron chi connectivity index (χ3n) is 1.64.